The normalized spacial score (nSPS) is 25.7. The summed E-state index contributed by atoms with van der Waals surface area (Å²) in [5.74, 6) is 0.846. The minimum absolute atomic E-state index is 0.126. The Balaban J connectivity index is 1.89. The number of benzene rings is 1. The van der Waals surface area contributed by atoms with Gasteiger partial charge in [-0.2, -0.15) is 0 Å². The van der Waals surface area contributed by atoms with E-state index in [1.54, 1.807) is 12.1 Å². The van der Waals surface area contributed by atoms with Crippen molar-refractivity contribution in [2.75, 3.05) is 0 Å². The Bertz CT molecular complexity index is 462. The summed E-state index contributed by atoms with van der Waals surface area (Å²) in [4.78, 5) is 10.3. The molecular formula is C17H26N2O2. The average molecular weight is 290 g/mol. The van der Waals surface area contributed by atoms with Gasteiger partial charge in [0.1, 0.15) is 0 Å². The highest BCUT2D eigenvalue weighted by Crippen LogP contribution is 2.35. The van der Waals surface area contributed by atoms with Gasteiger partial charge in [0.05, 0.1) is 4.92 Å². The van der Waals surface area contributed by atoms with E-state index < -0.39 is 0 Å². The zero-order valence-corrected chi connectivity index (χ0v) is 12.9. The van der Waals surface area contributed by atoms with Crippen LogP contribution in [-0.4, -0.2) is 10.5 Å². The first-order valence-electron chi connectivity index (χ1n) is 8.04. The van der Waals surface area contributed by atoms with E-state index in [2.05, 4.69) is 6.92 Å². The van der Waals surface area contributed by atoms with Gasteiger partial charge in [-0.25, -0.2) is 0 Å². The van der Waals surface area contributed by atoms with Crippen molar-refractivity contribution in [1.29, 1.82) is 0 Å². The Labute approximate surface area is 126 Å². The van der Waals surface area contributed by atoms with Gasteiger partial charge in [-0.1, -0.05) is 38.3 Å². The Morgan fingerprint density at radius 3 is 2.43 bits per heavy atom. The van der Waals surface area contributed by atoms with Crippen LogP contribution in [0.3, 0.4) is 0 Å². The predicted octanol–water partition coefficient (Wildman–Crippen LogP) is 4.22. The predicted molar refractivity (Wildman–Crippen MR) is 85.2 cm³/mol. The lowest BCUT2D eigenvalue weighted by Crippen LogP contribution is -2.45. The molecule has 0 radical (unpaired) electrons. The molecule has 21 heavy (non-hydrogen) atoms. The molecule has 0 aliphatic heterocycles. The zero-order chi connectivity index (χ0) is 15.3. The van der Waals surface area contributed by atoms with E-state index in [9.17, 15) is 10.1 Å². The van der Waals surface area contributed by atoms with Gasteiger partial charge in [0.2, 0.25) is 0 Å². The molecule has 0 heterocycles. The summed E-state index contributed by atoms with van der Waals surface area (Å²) in [7, 11) is 0. The fraction of sp³-hybridized carbons (Fsp3) is 0.647. The zero-order valence-electron chi connectivity index (χ0n) is 12.9. The van der Waals surface area contributed by atoms with E-state index >= 15 is 0 Å². The highest BCUT2D eigenvalue weighted by atomic mass is 16.6. The first-order chi connectivity index (χ1) is 10.0. The Hall–Kier alpha value is -1.42. The molecule has 1 fully saturated rings. The summed E-state index contributed by atoms with van der Waals surface area (Å²) >= 11 is 0. The van der Waals surface area contributed by atoms with Crippen LogP contribution in [-0.2, 0) is 6.42 Å². The maximum Gasteiger partial charge on any atom is 0.269 e. The van der Waals surface area contributed by atoms with Crippen molar-refractivity contribution in [1.82, 2.24) is 0 Å². The van der Waals surface area contributed by atoms with Crippen molar-refractivity contribution >= 4 is 5.69 Å². The number of nitro benzene ring substituents is 1. The number of hydrogen-bond donors (Lipinski definition) is 1. The van der Waals surface area contributed by atoms with Crippen molar-refractivity contribution in [2.24, 2.45) is 11.7 Å². The summed E-state index contributed by atoms with van der Waals surface area (Å²) in [5, 5.41) is 10.7. The molecule has 1 aliphatic carbocycles. The van der Waals surface area contributed by atoms with Crippen LogP contribution in [0.15, 0.2) is 24.3 Å². The Morgan fingerprint density at radius 2 is 1.90 bits per heavy atom. The van der Waals surface area contributed by atoms with Crippen LogP contribution in [0.1, 0.15) is 57.4 Å². The second-order valence-electron chi connectivity index (χ2n) is 6.55. The van der Waals surface area contributed by atoms with E-state index in [1.165, 1.54) is 32.1 Å². The van der Waals surface area contributed by atoms with Crippen LogP contribution in [0.2, 0.25) is 0 Å². The number of non-ortho nitro benzene ring substituents is 1. The van der Waals surface area contributed by atoms with Gasteiger partial charge in [-0.05, 0) is 43.6 Å². The quantitative estimate of drug-likeness (QED) is 0.630. The van der Waals surface area contributed by atoms with Gasteiger partial charge >= 0.3 is 0 Å². The molecule has 2 N–H and O–H groups in total. The number of nitrogens with zero attached hydrogens (tertiary/aromatic N) is 1. The van der Waals surface area contributed by atoms with Gasteiger partial charge < -0.3 is 5.73 Å². The molecule has 1 saturated carbocycles. The molecule has 116 valence electrons. The first-order valence-corrected chi connectivity index (χ1v) is 8.04. The molecule has 0 saturated heterocycles. The highest BCUT2D eigenvalue weighted by Gasteiger charge is 2.31. The van der Waals surface area contributed by atoms with Crippen molar-refractivity contribution in [3.63, 3.8) is 0 Å². The molecule has 0 amide bonds. The first kappa shape index (κ1) is 16.0. The molecule has 0 atom stereocenters. The van der Waals surface area contributed by atoms with Gasteiger partial charge in [0, 0.05) is 17.7 Å². The molecule has 1 aromatic rings. The van der Waals surface area contributed by atoms with E-state index in [4.69, 9.17) is 5.73 Å². The molecule has 2 rings (SSSR count). The number of hydrogen-bond acceptors (Lipinski definition) is 3. The minimum Gasteiger partial charge on any atom is -0.325 e. The number of rotatable bonds is 6. The lowest BCUT2D eigenvalue weighted by molar-refractivity contribution is -0.384. The third-order valence-electron chi connectivity index (χ3n) is 4.77. The van der Waals surface area contributed by atoms with Gasteiger partial charge in [-0.15, -0.1) is 0 Å². The third-order valence-corrected chi connectivity index (χ3v) is 4.77. The molecule has 0 aromatic heterocycles. The van der Waals surface area contributed by atoms with E-state index in [-0.39, 0.29) is 16.1 Å². The largest absolute Gasteiger partial charge is 0.325 e. The summed E-state index contributed by atoms with van der Waals surface area (Å²) in [6.07, 6.45) is 9.34. The maximum atomic E-state index is 10.7. The maximum absolute atomic E-state index is 10.7. The van der Waals surface area contributed by atoms with E-state index in [1.807, 2.05) is 12.1 Å². The molecule has 1 aromatic carbocycles. The number of unbranched alkanes of at least 4 members (excludes halogenated alkanes) is 1. The molecule has 0 bridgehead atoms. The number of nitrogens with two attached hydrogens (primary N) is 1. The second kappa shape index (κ2) is 7.03. The van der Waals surface area contributed by atoms with Crippen molar-refractivity contribution < 1.29 is 4.92 Å². The van der Waals surface area contributed by atoms with Gasteiger partial charge in [0.15, 0.2) is 0 Å². The van der Waals surface area contributed by atoms with Crippen LogP contribution in [0.4, 0.5) is 5.69 Å². The Morgan fingerprint density at radius 1 is 1.29 bits per heavy atom. The lowest BCUT2D eigenvalue weighted by atomic mass is 9.73. The van der Waals surface area contributed by atoms with Crippen LogP contribution in [0.5, 0.6) is 0 Å². The topological polar surface area (TPSA) is 69.2 Å². The van der Waals surface area contributed by atoms with Crippen LogP contribution in [0, 0.1) is 16.0 Å². The average Bonchev–Trinajstić information content (AvgIpc) is 2.47. The lowest BCUT2D eigenvalue weighted by Gasteiger charge is -2.37. The van der Waals surface area contributed by atoms with Crippen molar-refractivity contribution in [2.45, 2.75) is 63.8 Å². The molecule has 1 aliphatic rings. The van der Waals surface area contributed by atoms with E-state index in [0.29, 0.717) is 0 Å². The second-order valence-corrected chi connectivity index (χ2v) is 6.55. The number of nitro groups is 1. The molecular weight excluding hydrogens is 264 g/mol. The van der Waals surface area contributed by atoms with Gasteiger partial charge in [-0.3, -0.25) is 10.1 Å². The molecule has 4 nitrogen and oxygen atoms in total. The summed E-state index contributed by atoms with van der Waals surface area (Å²) in [6.45, 7) is 2.24. The smallest absolute Gasteiger partial charge is 0.269 e. The summed E-state index contributed by atoms with van der Waals surface area (Å²) < 4.78 is 0. The van der Waals surface area contributed by atoms with Crippen LogP contribution >= 0.6 is 0 Å². The molecule has 0 unspecified atom stereocenters. The summed E-state index contributed by atoms with van der Waals surface area (Å²) in [5.41, 5.74) is 7.67. The SMILES string of the molecule is CCCCC1CCC(N)(Cc2ccc([N+](=O)[O-])cc2)CC1. The fourth-order valence-electron chi connectivity index (χ4n) is 3.35. The van der Waals surface area contributed by atoms with Crippen LogP contribution in [0.25, 0.3) is 0 Å². The minimum atomic E-state index is -0.360. The van der Waals surface area contributed by atoms with Crippen LogP contribution < -0.4 is 5.73 Å². The fourth-order valence-corrected chi connectivity index (χ4v) is 3.35. The highest BCUT2D eigenvalue weighted by molar-refractivity contribution is 5.33. The molecule has 4 heteroatoms. The third kappa shape index (κ3) is 4.53. The Kier molecular flexibility index (Phi) is 5.34. The standard InChI is InChI=1S/C17H26N2O2/c1-2-3-4-14-9-11-17(18,12-10-14)13-15-5-7-16(8-6-15)19(20)21/h5-8,14H,2-4,9-13,18H2,1H3. The van der Waals surface area contributed by atoms with Crippen molar-refractivity contribution in [3.8, 4) is 0 Å². The molecule has 0 spiro atoms. The monoisotopic (exact) mass is 290 g/mol. The van der Waals surface area contributed by atoms with E-state index in [0.717, 1.165) is 30.7 Å². The summed E-state index contributed by atoms with van der Waals surface area (Å²) in [6, 6.07) is 6.84. The van der Waals surface area contributed by atoms with Gasteiger partial charge in [0.25, 0.3) is 5.69 Å². The van der Waals surface area contributed by atoms with Crippen molar-refractivity contribution in [3.05, 3.63) is 39.9 Å².